The molecule has 10 heavy (non-hydrogen) atoms. The van der Waals surface area contributed by atoms with Gasteiger partial charge in [-0.2, -0.15) is 0 Å². The largest absolute Gasteiger partial charge is 0.374 e. The van der Waals surface area contributed by atoms with Crippen LogP contribution >= 0.6 is 0 Å². The van der Waals surface area contributed by atoms with E-state index in [9.17, 15) is 4.79 Å². The van der Waals surface area contributed by atoms with Crippen molar-refractivity contribution in [3.8, 4) is 0 Å². The molecule has 60 valence electrons. The number of carbonyl (C=O) groups is 1. The highest BCUT2D eigenvalue weighted by atomic mass is 16.5. The van der Waals surface area contributed by atoms with Gasteiger partial charge < -0.3 is 4.74 Å². The molecule has 0 bridgehead atoms. The fourth-order valence-corrected chi connectivity index (χ4v) is 0.877. The summed E-state index contributed by atoms with van der Waals surface area (Å²) in [6.45, 7) is 3.68. The first-order valence-electron chi connectivity index (χ1n) is 3.75. The average molecular weight is 144 g/mol. The van der Waals surface area contributed by atoms with Gasteiger partial charge >= 0.3 is 0 Å². The van der Waals surface area contributed by atoms with Crippen molar-refractivity contribution in [2.45, 2.75) is 39.2 Å². The molecular weight excluding hydrogens is 128 g/mol. The molecule has 0 aromatic heterocycles. The van der Waals surface area contributed by atoms with Crippen LogP contribution in [0.4, 0.5) is 0 Å². The fourth-order valence-electron chi connectivity index (χ4n) is 0.877. The van der Waals surface area contributed by atoms with Crippen molar-refractivity contribution in [3.63, 3.8) is 0 Å². The van der Waals surface area contributed by atoms with E-state index >= 15 is 0 Å². The Morgan fingerprint density at radius 1 is 1.60 bits per heavy atom. The summed E-state index contributed by atoms with van der Waals surface area (Å²) in [7, 11) is 1.59. The van der Waals surface area contributed by atoms with Crippen LogP contribution in [0.1, 0.15) is 33.1 Å². The van der Waals surface area contributed by atoms with E-state index in [2.05, 4.69) is 6.92 Å². The molecule has 0 fully saturated rings. The lowest BCUT2D eigenvalue weighted by atomic mass is 10.1. The van der Waals surface area contributed by atoms with Crippen LogP contribution in [-0.2, 0) is 9.53 Å². The molecule has 1 atom stereocenters. The van der Waals surface area contributed by atoms with Gasteiger partial charge in [-0.1, -0.05) is 19.8 Å². The first kappa shape index (κ1) is 9.63. The normalized spacial score (nSPS) is 13.1. The summed E-state index contributed by atoms with van der Waals surface area (Å²) in [5, 5.41) is 0. The van der Waals surface area contributed by atoms with Crippen LogP contribution in [-0.4, -0.2) is 19.0 Å². The second kappa shape index (κ2) is 5.42. The third-order valence-electron chi connectivity index (χ3n) is 1.56. The molecule has 0 aliphatic carbocycles. The lowest BCUT2D eigenvalue weighted by molar-refractivity contribution is -0.126. The number of ketones is 1. The monoisotopic (exact) mass is 144 g/mol. The maximum absolute atomic E-state index is 10.8. The van der Waals surface area contributed by atoms with E-state index < -0.39 is 0 Å². The van der Waals surface area contributed by atoms with Crippen LogP contribution in [0.3, 0.4) is 0 Å². The van der Waals surface area contributed by atoms with Gasteiger partial charge in [0, 0.05) is 7.11 Å². The summed E-state index contributed by atoms with van der Waals surface area (Å²) < 4.78 is 4.96. The van der Waals surface area contributed by atoms with Crippen molar-refractivity contribution in [2.24, 2.45) is 0 Å². The Morgan fingerprint density at radius 2 is 2.20 bits per heavy atom. The van der Waals surface area contributed by atoms with Crippen molar-refractivity contribution in [2.75, 3.05) is 7.11 Å². The van der Waals surface area contributed by atoms with E-state index in [-0.39, 0.29) is 11.9 Å². The Morgan fingerprint density at radius 3 is 2.50 bits per heavy atom. The van der Waals surface area contributed by atoms with Gasteiger partial charge in [0.05, 0.1) is 0 Å². The zero-order valence-electron chi connectivity index (χ0n) is 7.02. The molecule has 0 aromatic carbocycles. The van der Waals surface area contributed by atoms with Crippen LogP contribution in [0.5, 0.6) is 0 Å². The van der Waals surface area contributed by atoms with Crippen LogP contribution < -0.4 is 0 Å². The quantitative estimate of drug-likeness (QED) is 0.588. The Balaban J connectivity index is 3.50. The van der Waals surface area contributed by atoms with Gasteiger partial charge in [-0.25, -0.2) is 0 Å². The molecule has 0 spiro atoms. The van der Waals surface area contributed by atoms with E-state index in [1.165, 1.54) is 0 Å². The van der Waals surface area contributed by atoms with E-state index in [1.807, 2.05) is 0 Å². The van der Waals surface area contributed by atoms with Crippen molar-refractivity contribution in [3.05, 3.63) is 0 Å². The highest BCUT2D eigenvalue weighted by Gasteiger charge is 2.10. The summed E-state index contributed by atoms with van der Waals surface area (Å²) in [6, 6.07) is 0. The van der Waals surface area contributed by atoms with Crippen molar-refractivity contribution in [1.29, 1.82) is 0 Å². The van der Waals surface area contributed by atoms with E-state index in [0.717, 1.165) is 19.3 Å². The summed E-state index contributed by atoms with van der Waals surface area (Å²) in [5.74, 6) is 0.135. The summed E-state index contributed by atoms with van der Waals surface area (Å²) in [5.41, 5.74) is 0. The number of carbonyl (C=O) groups excluding carboxylic acids is 1. The molecular formula is C8H16O2. The Hall–Kier alpha value is -0.370. The molecule has 0 N–H and O–H groups in total. The average Bonchev–Trinajstić information content (AvgIpc) is 1.89. The van der Waals surface area contributed by atoms with Gasteiger partial charge in [0.25, 0.3) is 0 Å². The number of methoxy groups -OCH3 is 1. The smallest absolute Gasteiger partial charge is 0.158 e. The van der Waals surface area contributed by atoms with Crippen molar-refractivity contribution in [1.82, 2.24) is 0 Å². The first-order valence-corrected chi connectivity index (χ1v) is 3.75. The van der Waals surface area contributed by atoms with Crippen LogP contribution in [0.15, 0.2) is 0 Å². The number of hydrogen-bond acceptors (Lipinski definition) is 2. The van der Waals surface area contributed by atoms with E-state index in [4.69, 9.17) is 4.74 Å². The molecule has 2 nitrogen and oxygen atoms in total. The standard InChI is InChI=1S/C8H16O2/c1-4-5-6-8(10-3)7(2)9/h8H,4-6H2,1-3H3. The van der Waals surface area contributed by atoms with E-state index in [0.29, 0.717) is 0 Å². The summed E-state index contributed by atoms with van der Waals surface area (Å²) >= 11 is 0. The van der Waals surface area contributed by atoms with Crippen molar-refractivity contribution < 1.29 is 9.53 Å². The minimum atomic E-state index is -0.167. The summed E-state index contributed by atoms with van der Waals surface area (Å²) in [4.78, 5) is 10.8. The maximum Gasteiger partial charge on any atom is 0.158 e. The Bertz CT molecular complexity index is 99.4. The molecule has 0 saturated heterocycles. The van der Waals surface area contributed by atoms with Crippen LogP contribution in [0.2, 0.25) is 0 Å². The molecule has 0 saturated carbocycles. The SMILES string of the molecule is CCCCC(OC)C(C)=O. The first-order chi connectivity index (χ1) is 4.72. The second-order valence-electron chi connectivity index (χ2n) is 2.48. The number of rotatable bonds is 5. The highest BCUT2D eigenvalue weighted by molar-refractivity contribution is 5.80. The van der Waals surface area contributed by atoms with Gasteiger partial charge in [-0.15, -0.1) is 0 Å². The zero-order chi connectivity index (χ0) is 7.98. The number of hydrogen-bond donors (Lipinski definition) is 0. The molecule has 0 rings (SSSR count). The zero-order valence-corrected chi connectivity index (χ0v) is 7.02. The minimum Gasteiger partial charge on any atom is -0.374 e. The lowest BCUT2D eigenvalue weighted by Crippen LogP contribution is -2.19. The Kier molecular flexibility index (Phi) is 5.22. The summed E-state index contributed by atoms with van der Waals surface area (Å²) in [6.07, 6.45) is 2.88. The van der Waals surface area contributed by atoms with Gasteiger partial charge in [0.15, 0.2) is 5.78 Å². The van der Waals surface area contributed by atoms with Crippen LogP contribution in [0, 0.1) is 0 Å². The highest BCUT2D eigenvalue weighted by Crippen LogP contribution is 2.04. The van der Waals surface area contributed by atoms with Gasteiger partial charge in [-0.05, 0) is 13.3 Å². The Labute approximate surface area is 62.6 Å². The van der Waals surface area contributed by atoms with Gasteiger partial charge in [-0.3, -0.25) is 4.79 Å². The molecule has 2 heteroatoms. The molecule has 1 unspecified atom stereocenters. The topological polar surface area (TPSA) is 26.3 Å². The van der Waals surface area contributed by atoms with Crippen molar-refractivity contribution >= 4 is 5.78 Å². The predicted molar refractivity (Wildman–Crippen MR) is 41.0 cm³/mol. The minimum absolute atomic E-state index is 0.135. The molecule has 0 aliphatic rings. The molecule has 0 radical (unpaired) electrons. The van der Waals surface area contributed by atoms with Gasteiger partial charge in [0.2, 0.25) is 0 Å². The van der Waals surface area contributed by atoms with Crippen LogP contribution in [0.25, 0.3) is 0 Å². The number of Topliss-reactive ketones (excluding diaryl/α,β-unsaturated/α-hetero) is 1. The second-order valence-corrected chi connectivity index (χ2v) is 2.48. The fraction of sp³-hybridized carbons (Fsp3) is 0.875. The molecule has 0 aromatic rings. The van der Waals surface area contributed by atoms with Gasteiger partial charge in [0.1, 0.15) is 6.10 Å². The maximum atomic E-state index is 10.8. The number of unbranched alkanes of at least 4 members (excludes halogenated alkanes) is 1. The number of ether oxygens (including phenoxy) is 1. The van der Waals surface area contributed by atoms with E-state index in [1.54, 1.807) is 14.0 Å². The predicted octanol–water partition coefficient (Wildman–Crippen LogP) is 1.78. The lowest BCUT2D eigenvalue weighted by Gasteiger charge is -2.09. The molecule has 0 heterocycles. The third-order valence-corrected chi connectivity index (χ3v) is 1.56. The molecule has 0 aliphatic heterocycles. The third kappa shape index (κ3) is 3.62. The molecule has 0 amide bonds.